The first-order valence-electron chi connectivity index (χ1n) is 4.57. The van der Waals surface area contributed by atoms with Gasteiger partial charge in [0.25, 0.3) is 0 Å². The van der Waals surface area contributed by atoms with E-state index in [9.17, 15) is 0 Å². The number of aliphatic hydroxyl groups is 1. The number of aliphatic hydroxyl groups excluding tert-OH is 1. The molecule has 0 radical (unpaired) electrons. The molecule has 0 aromatic heterocycles. The van der Waals surface area contributed by atoms with Gasteiger partial charge in [0.15, 0.2) is 0 Å². The van der Waals surface area contributed by atoms with Gasteiger partial charge in [-0.2, -0.15) is 0 Å². The van der Waals surface area contributed by atoms with E-state index in [0.717, 1.165) is 13.0 Å². The van der Waals surface area contributed by atoms with Crippen molar-refractivity contribution < 1.29 is 9.84 Å². The summed E-state index contributed by atoms with van der Waals surface area (Å²) in [6.07, 6.45) is 4.84. The van der Waals surface area contributed by atoms with E-state index in [-0.39, 0.29) is 6.61 Å². The molecule has 0 unspecified atom stereocenters. The highest BCUT2D eigenvalue weighted by Crippen LogP contribution is 2.21. The van der Waals surface area contributed by atoms with E-state index in [0.29, 0.717) is 12.0 Å². The second kappa shape index (κ2) is 4.73. The van der Waals surface area contributed by atoms with Crippen molar-refractivity contribution in [2.75, 3.05) is 13.2 Å². The van der Waals surface area contributed by atoms with Gasteiger partial charge in [0.1, 0.15) is 0 Å². The minimum Gasteiger partial charge on any atom is -0.396 e. The van der Waals surface area contributed by atoms with Gasteiger partial charge in [0.2, 0.25) is 0 Å². The van der Waals surface area contributed by atoms with Crippen molar-refractivity contribution in [2.24, 2.45) is 5.92 Å². The summed E-state index contributed by atoms with van der Waals surface area (Å²) < 4.78 is 5.60. The molecule has 1 heterocycles. The molecule has 1 rings (SSSR count). The van der Waals surface area contributed by atoms with Gasteiger partial charge in [-0.25, -0.2) is 0 Å². The monoisotopic (exact) mass is 158 g/mol. The fraction of sp³-hybridized carbons (Fsp3) is 1.00. The van der Waals surface area contributed by atoms with Crippen LogP contribution >= 0.6 is 0 Å². The highest BCUT2D eigenvalue weighted by Gasteiger charge is 2.19. The maximum Gasteiger partial charge on any atom is 0.0622 e. The summed E-state index contributed by atoms with van der Waals surface area (Å²) in [5, 5.41) is 8.75. The van der Waals surface area contributed by atoms with E-state index < -0.39 is 0 Å². The first-order chi connectivity index (χ1) is 5.34. The third-order valence-corrected chi connectivity index (χ3v) is 2.43. The molecule has 0 aliphatic carbocycles. The van der Waals surface area contributed by atoms with Crippen molar-refractivity contribution in [3.05, 3.63) is 0 Å². The molecule has 1 saturated heterocycles. The molecule has 1 N–H and O–H groups in total. The predicted octanol–water partition coefficient (Wildman–Crippen LogP) is 1.57. The first-order valence-corrected chi connectivity index (χ1v) is 4.57. The minimum absolute atomic E-state index is 0.259. The van der Waals surface area contributed by atoms with Gasteiger partial charge in [0.05, 0.1) is 6.10 Å². The quantitative estimate of drug-likeness (QED) is 0.661. The van der Waals surface area contributed by atoms with E-state index in [4.69, 9.17) is 9.84 Å². The maximum atomic E-state index is 8.75. The zero-order valence-electron chi connectivity index (χ0n) is 7.25. The molecular formula is C9H18O2. The summed E-state index contributed by atoms with van der Waals surface area (Å²) >= 11 is 0. The van der Waals surface area contributed by atoms with Crippen LogP contribution in [0.15, 0.2) is 0 Å². The van der Waals surface area contributed by atoms with Gasteiger partial charge in [0, 0.05) is 13.2 Å². The largest absolute Gasteiger partial charge is 0.396 e. The Morgan fingerprint density at radius 1 is 1.45 bits per heavy atom. The zero-order valence-corrected chi connectivity index (χ0v) is 7.25. The number of hydrogen-bond donors (Lipinski definition) is 1. The summed E-state index contributed by atoms with van der Waals surface area (Å²) in [6.45, 7) is 3.36. The average molecular weight is 158 g/mol. The average Bonchev–Trinajstić information content (AvgIpc) is 2.18. The normalized spacial score (nSPS) is 33.3. The predicted molar refractivity (Wildman–Crippen MR) is 44.5 cm³/mol. The molecule has 2 atom stereocenters. The molecule has 0 saturated carbocycles. The Bertz CT molecular complexity index is 104. The molecule has 0 aromatic rings. The van der Waals surface area contributed by atoms with Crippen LogP contribution in [0, 0.1) is 5.92 Å². The van der Waals surface area contributed by atoms with Gasteiger partial charge in [-0.05, 0) is 25.2 Å². The Balaban J connectivity index is 2.32. The van der Waals surface area contributed by atoms with E-state index in [2.05, 4.69) is 6.92 Å². The maximum absolute atomic E-state index is 8.75. The number of ether oxygens (including phenoxy) is 1. The van der Waals surface area contributed by atoms with Crippen molar-refractivity contribution in [3.8, 4) is 0 Å². The number of hydrogen-bond acceptors (Lipinski definition) is 2. The van der Waals surface area contributed by atoms with Crippen LogP contribution in [0.3, 0.4) is 0 Å². The summed E-state index contributed by atoms with van der Waals surface area (Å²) in [7, 11) is 0. The molecule has 0 spiro atoms. The Kier molecular flexibility index (Phi) is 3.87. The molecule has 2 nitrogen and oxygen atoms in total. The minimum atomic E-state index is 0.259. The van der Waals surface area contributed by atoms with Crippen molar-refractivity contribution in [1.29, 1.82) is 0 Å². The van der Waals surface area contributed by atoms with Gasteiger partial charge < -0.3 is 9.84 Å². The molecule has 2 heteroatoms. The topological polar surface area (TPSA) is 29.5 Å². The lowest BCUT2D eigenvalue weighted by atomic mass is 9.97. The highest BCUT2D eigenvalue weighted by atomic mass is 16.5. The molecule has 11 heavy (non-hydrogen) atoms. The van der Waals surface area contributed by atoms with E-state index in [1.54, 1.807) is 0 Å². The molecule has 0 amide bonds. The molecule has 1 aliphatic heterocycles. The van der Waals surface area contributed by atoms with Crippen LogP contribution < -0.4 is 0 Å². The molecule has 0 bridgehead atoms. The van der Waals surface area contributed by atoms with Gasteiger partial charge in [-0.3, -0.25) is 0 Å². The Morgan fingerprint density at radius 2 is 2.27 bits per heavy atom. The van der Waals surface area contributed by atoms with Crippen LogP contribution in [-0.2, 0) is 4.74 Å². The third kappa shape index (κ3) is 2.80. The van der Waals surface area contributed by atoms with E-state index in [1.807, 2.05) is 0 Å². The zero-order chi connectivity index (χ0) is 8.10. The first kappa shape index (κ1) is 9.01. The lowest BCUT2D eigenvalue weighted by Crippen LogP contribution is -2.21. The standard InChI is InChI=1S/C9H18O2/c1-8-4-2-3-7-11-9(8)5-6-10/h8-10H,2-7H2,1H3/t8-,9-/m1/s1. The van der Waals surface area contributed by atoms with Crippen LogP contribution in [0.2, 0.25) is 0 Å². The highest BCUT2D eigenvalue weighted by molar-refractivity contribution is 4.69. The Morgan fingerprint density at radius 3 is 3.00 bits per heavy atom. The SMILES string of the molecule is C[C@@H]1CCCCO[C@@H]1CCO. The van der Waals surface area contributed by atoms with Crippen LogP contribution in [0.25, 0.3) is 0 Å². The second-order valence-electron chi connectivity index (χ2n) is 3.39. The van der Waals surface area contributed by atoms with Crippen LogP contribution in [0.5, 0.6) is 0 Å². The van der Waals surface area contributed by atoms with E-state index >= 15 is 0 Å². The number of rotatable bonds is 2. The van der Waals surface area contributed by atoms with Crippen molar-refractivity contribution in [3.63, 3.8) is 0 Å². The van der Waals surface area contributed by atoms with Gasteiger partial charge in [-0.1, -0.05) is 13.3 Å². The summed E-state index contributed by atoms with van der Waals surface area (Å²) in [4.78, 5) is 0. The molecule has 1 aliphatic rings. The fourth-order valence-corrected chi connectivity index (χ4v) is 1.65. The molecule has 1 fully saturated rings. The van der Waals surface area contributed by atoms with Crippen LogP contribution in [0.1, 0.15) is 32.6 Å². The van der Waals surface area contributed by atoms with Gasteiger partial charge in [-0.15, -0.1) is 0 Å². The van der Waals surface area contributed by atoms with Crippen molar-refractivity contribution in [2.45, 2.75) is 38.7 Å². The van der Waals surface area contributed by atoms with Crippen molar-refractivity contribution in [1.82, 2.24) is 0 Å². The lowest BCUT2D eigenvalue weighted by Gasteiger charge is -2.19. The second-order valence-corrected chi connectivity index (χ2v) is 3.39. The smallest absolute Gasteiger partial charge is 0.0622 e. The van der Waals surface area contributed by atoms with Crippen LogP contribution in [-0.4, -0.2) is 24.4 Å². The van der Waals surface area contributed by atoms with E-state index in [1.165, 1.54) is 19.3 Å². The molecule has 66 valence electrons. The summed E-state index contributed by atoms with van der Waals surface area (Å²) in [5.41, 5.74) is 0. The van der Waals surface area contributed by atoms with Gasteiger partial charge >= 0.3 is 0 Å². The molecule has 0 aromatic carbocycles. The van der Waals surface area contributed by atoms with Crippen molar-refractivity contribution >= 4 is 0 Å². The Labute approximate surface area is 68.6 Å². The fourth-order valence-electron chi connectivity index (χ4n) is 1.65. The summed E-state index contributed by atoms with van der Waals surface area (Å²) in [6, 6.07) is 0. The Hall–Kier alpha value is -0.0800. The third-order valence-electron chi connectivity index (χ3n) is 2.43. The molecular weight excluding hydrogens is 140 g/mol. The lowest BCUT2D eigenvalue weighted by molar-refractivity contribution is 0.0139. The van der Waals surface area contributed by atoms with Crippen LogP contribution in [0.4, 0.5) is 0 Å². The summed E-state index contributed by atoms with van der Waals surface area (Å²) in [5.74, 6) is 0.629.